The van der Waals surface area contributed by atoms with Gasteiger partial charge in [0.05, 0.1) is 22.2 Å². The molecule has 13 heteroatoms. The molecular formula is C17H12ClF4N5O2S. The molecule has 0 aliphatic carbocycles. The van der Waals surface area contributed by atoms with Crippen molar-refractivity contribution in [2.75, 3.05) is 18.5 Å². The summed E-state index contributed by atoms with van der Waals surface area (Å²) in [6.45, 7) is 0.299. The van der Waals surface area contributed by atoms with Crippen LogP contribution in [0.5, 0.6) is 0 Å². The molecule has 0 aliphatic rings. The molecule has 0 atom stereocenters. The average molecular weight is 462 g/mol. The summed E-state index contributed by atoms with van der Waals surface area (Å²) in [4.78, 5) is 30.9. The first kappa shape index (κ1) is 21.8. The van der Waals surface area contributed by atoms with Gasteiger partial charge in [-0.05, 0) is 6.07 Å². The van der Waals surface area contributed by atoms with E-state index in [0.717, 1.165) is 24.5 Å². The Hall–Kier alpha value is -2.91. The van der Waals surface area contributed by atoms with Gasteiger partial charge in [-0.3, -0.25) is 9.36 Å². The summed E-state index contributed by atoms with van der Waals surface area (Å²) in [5, 5.41) is 8.95. The number of hydrogen-bond donors (Lipinski definition) is 0. The molecule has 0 radical (unpaired) electrons. The van der Waals surface area contributed by atoms with Crippen LogP contribution in [0.25, 0.3) is 15.9 Å². The van der Waals surface area contributed by atoms with Crippen molar-refractivity contribution < 1.29 is 17.6 Å². The SMILES string of the molecule is CN(CCC#N)c1nc2c(Cl)cc(F)c(-n3c(=O)cc(C(F)(F)F)n(C)c3=O)c2s1. The number of alkyl halides is 3. The zero-order chi connectivity index (χ0) is 22.4. The fraction of sp³-hybridized carbons (Fsp3) is 0.294. The van der Waals surface area contributed by atoms with Crippen LogP contribution in [0.1, 0.15) is 12.1 Å². The fourth-order valence-corrected chi connectivity index (χ4v) is 4.17. The van der Waals surface area contributed by atoms with Crippen molar-refractivity contribution >= 4 is 38.3 Å². The summed E-state index contributed by atoms with van der Waals surface area (Å²) in [5.74, 6) is -1.07. The summed E-state index contributed by atoms with van der Waals surface area (Å²) in [6.07, 6.45) is -4.76. The van der Waals surface area contributed by atoms with Crippen LogP contribution >= 0.6 is 22.9 Å². The van der Waals surface area contributed by atoms with E-state index in [1.807, 2.05) is 6.07 Å². The molecule has 0 spiro atoms. The molecule has 0 N–H and O–H groups in total. The average Bonchev–Trinajstić information content (AvgIpc) is 3.10. The highest BCUT2D eigenvalue weighted by atomic mass is 35.5. The van der Waals surface area contributed by atoms with E-state index in [1.54, 1.807) is 11.9 Å². The molecule has 0 fully saturated rings. The Kier molecular flexibility index (Phi) is 5.62. The Morgan fingerprint density at radius 2 is 2.00 bits per heavy atom. The minimum absolute atomic E-state index is 0.0118. The van der Waals surface area contributed by atoms with Gasteiger partial charge in [0.15, 0.2) is 10.9 Å². The van der Waals surface area contributed by atoms with Gasteiger partial charge in [0.2, 0.25) is 0 Å². The molecule has 2 heterocycles. The third-order valence-corrected chi connectivity index (χ3v) is 5.72. The first-order chi connectivity index (χ1) is 14.0. The summed E-state index contributed by atoms with van der Waals surface area (Å²) in [6, 6.07) is 3.03. The molecule has 2 aromatic heterocycles. The molecule has 0 amide bonds. The molecule has 0 saturated heterocycles. The van der Waals surface area contributed by atoms with Crippen molar-refractivity contribution in [3.63, 3.8) is 0 Å². The topological polar surface area (TPSA) is 83.9 Å². The molecule has 0 bridgehead atoms. The Morgan fingerprint density at radius 1 is 1.33 bits per heavy atom. The largest absolute Gasteiger partial charge is 0.431 e. The van der Waals surface area contributed by atoms with Crippen LogP contribution in [0.2, 0.25) is 5.02 Å². The standard InChI is InChI=1S/C17H12ClF4N5O2S/c1-25(5-3-4-23)15-24-12-8(18)6-9(19)13(14(12)30-15)27-11(28)7-10(17(20,21)22)26(2)16(27)29/h6-7H,3,5H2,1-2H3. The lowest BCUT2D eigenvalue weighted by atomic mass is 10.2. The number of halogens is 5. The van der Waals surface area contributed by atoms with Crippen molar-refractivity contribution in [1.82, 2.24) is 14.1 Å². The van der Waals surface area contributed by atoms with E-state index in [2.05, 4.69) is 4.98 Å². The van der Waals surface area contributed by atoms with E-state index >= 15 is 0 Å². The summed E-state index contributed by atoms with van der Waals surface area (Å²) < 4.78 is 54.6. The predicted molar refractivity (Wildman–Crippen MR) is 104 cm³/mol. The number of fused-ring (bicyclic) bond motifs is 1. The smallest absolute Gasteiger partial charge is 0.350 e. The second-order valence-corrected chi connectivity index (χ2v) is 7.62. The molecule has 3 rings (SSSR count). The van der Waals surface area contributed by atoms with E-state index in [1.165, 1.54) is 0 Å². The van der Waals surface area contributed by atoms with Gasteiger partial charge in [0.25, 0.3) is 5.56 Å². The third kappa shape index (κ3) is 3.66. The highest BCUT2D eigenvalue weighted by Gasteiger charge is 2.35. The molecule has 7 nitrogen and oxygen atoms in total. The maximum atomic E-state index is 14.8. The maximum absolute atomic E-state index is 14.8. The Morgan fingerprint density at radius 3 is 2.60 bits per heavy atom. The van der Waals surface area contributed by atoms with Crippen molar-refractivity contribution in [2.45, 2.75) is 12.6 Å². The first-order valence-electron chi connectivity index (χ1n) is 8.24. The van der Waals surface area contributed by atoms with Crippen LogP contribution in [-0.4, -0.2) is 27.7 Å². The van der Waals surface area contributed by atoms with Crippen LogP contribution < -0.4 is 16.1 Å². The van der Waals surface area contributed by atoms with Gasteiger partial charge in [-0.1, -0.05) is 22.9 Å². The van der Waals surface area contributed by atoms with Crippen molar-refractivity contribution in [1.29, 1.82) is 5.26 Å². The number of aromatic nitrogens is 3. The minimum atomic E-state index is -4.94. The molecular weight excluding hydrogens is 450 g/mol. The number of nitrogens with zero attached hydrogens (tertiary/aromatic N) is 5. The molecule has 3 aromatic rings. The van der Waals surface area contributed by atoms with Crippen molar-refractivity contribution in [3.05, 3.63) is 49.5 Å². The van der Waals surface area contributed by atoms with Crippen molar-refractivity contribution in [2.24, 2.45) is 7.05 Å². The van der Waals surface area contributed by atoms with Crippen LogP contribution in [0.15, 0.2) is 21.7 Å². The van der Waals surface area contributed by atoms with E-state index in [9.17, 15) is 27.2 Å². The van der Waals surface area contributed by atoms with Gasteiger partial charge in [-0.2, -0.15) is 18.4 Å². The van der Waals surface area contributed by atoms with Crippen LogP contribution in [-0.2, 0) is 13.2 Å². The highest BCUT2D eigenvalue weighted by Crippen LogP contribution is 2.38. The maximum Gasteiger partial charge on any atom is 0.431 e. The highest BCUT2D eigenvalue weighted by molar-refractivity contribution is 7.22. The monoisotopic (exact) mass is 461 g/mol. The molecule has 0 aliphatic heterocycles. The molecule has 0 saturated carbocycles. The predicted octanol–water partition coefficient (Wildman–Crippen LogP) is 3.31. The second kappa shape index (κ2) is 7.73. The molecule has 1 aromatic carbocycles. The quantitative estimate of drug-likeness (QED) is 0.557. The molecule has 30 heavy (non-hydrogen) atoms. The van der Waals surface area contributed by atoms with Gasteiger partial charge in [0, 0.05) is 26.7 Å². The summed E-state index contributed by atoms with van der Waals surface area (Å²) in [7, 11) is 2.46. The molecule has 158 valence electrons. The number of thiazole rings is 1. The zero-order valence-corrected chi connectivity index (χ0v) is 17.0. The fourth-order valence-electron chi connectivity index (χ4n) is 2.78. The van der Waals surface area contributed by atoms with Crippen LogP contribution in [0, 0.1) is 17.1 Å². The van der Waals surface area contributed by atoms with Gasteiger partial charge < -0.3 is 4.90 Å². The number of nitriles is 1. The first-order valence-corrected chi connectivity index (χ1v) is 9.44. The second-order valence-electron chi connectivity index (χ2n) is 6.24. The zero-order valence-electron chi connectivity index (χ0n) is 15.4. The minimum Gasteiger partial charge on any atom is -0.350 e. The Balaban J connectivity index is 2.34. The van der Waals surface area contributed by atoms with E-state index in [4.69, 9.17) is 16.9 Å². The Bertz CT molecular complexity index is 1310. The lowest BCUT2D eigenvalue weighted by Crippen LogP contribution is -2.41. The van der Waals surface area contributed by atoms with Crippen LogP contribution in [0.4, 0.5) is 22.7 Å². The lowest BCUT2D eigenvalue weighted by molar-refractivity contribution is -0.144. The number of anilines is 1. The number of rotatable bonds is 4. The number of benzene rings is 1. The summed E-state index contributed by atoms with van der Waals surface area (Å²) in [5.41, 5.74) is -4.64. The van der Waals surface area contributed by atoms with E-state index < -0.39 is 34.6 Å². The molecule has 0 unspecified atom stereocenters. The van der Waals surface area contributed by atoms with Gasteiger partial charge >= 0.3 is 11.9 Å². The van der Waals surface area contributed by atoms with Gasteiger partial charge in [-0.25, -0.2) is 18.7 Å². The van der Waals surface area contributed by atoms with E-state index in [0.29, 0.717) is 16.2 Å². The third-order valence-electron chi connectivity index (χ3n) is 4.26. The summed E-state index contributed by atoms with van der Waals surface area (Å²) >= 11 is 6.94. The van der Waals surface area contributed by atoms with Crippen LogP contribution in [0.3, 0.4) is 0 Å². The van der Waals surface area contributed by atoms with Crippen molar-refractivity contribution in [3.8, 4) is 11.8 Å². The van der Waals surface area contributed by atoms with E-state index in [-0.39, 0.29) is 32.3 Å². The van der Waals surface area contributed by atoms with Gasteiger partial charge in [0.1, 0.15) is 16.9 Å². The lowest BCUT2D eigenvalue weighted by Gasteiger charge is -2.14. The Labute approximate surface area is 175 Å². The normalized spacial score (nSPS) is 11.7. The number of hydrogen-bond acceptors (Lipinski definition) is 6. The van der Waals surface area contributed by atoms with Gasteiger partial charge in [-0.15, -0.1) is 0 Å².